The van der Waals surface area contributed by atoms with Gasteiger partial charge in [-0.1, -0.05) is 6.42 Å². The van der Waals surface area contributed by atoms with Crippen molar-refractivity contribution < 1.29 is 19.2 Å². The van der Waals surface area contributed by atoms with Crippen LogP contribution in [0.25, 0.3) is 0 Å². The molecular formula is C20H26N2O5. The summed E-state index contributed by atoms with van der Waals surface area (Å²) in [7, 11) is 1.46. The van der Waals surface area contributed by atoms with Gasteiger partial charge in [0.15, 0.2) is 11.5 Å². The number of rotatable bonds is 6. The van der Waals surface area contributed by atoms with Gasteiger partial charge in [0.05, 0.1) is 24.7 Å². The Balaban J connectivity index is 1.57. The average molecular weight is 374 g/mol. The summed E-state index contributed by atoms with van der Waals surface area (Å²) in [6.45, 7) is 2.14. The third-order valence-electron chi connectivity index (χ3n) is 6.77. The number of carbonyl (C=O) groups excluding carboxylic acids is 1. The van der Waals surface area contributed by atoms with E-state index in [0.717, 1.165) is 18.3 Å². The number of nitro groups is 1. The van der Waals surface area contributed by atoms with Crippen molar-refractivity contribution in [3.8, 4) is 11.5 Å². The van der Waals surface area contributed by atoms with Crippen molar-refractivity contribution in [2.75, 3.05) is 13.7 Å². The standard InChI is InChI=1S/C20H26N2O5/c1-3-27-19-10-17(22(24)25)15(9-18(19)26-2)20(23)21-16-8-11-7-14(16)13-6-4-5-12(11)13/h9-14,16H,3-8H2,1-2H3,(H,21,23). The zero-order valence-electron chi connectivity index (χ0n) is 15.8. The SMILES string of the molecule is CCOc1cc([N+](=O)[O-])c(C(=O)NC2CC3CC2C2CCCC32)cc1OC. The topological polar surface area (TPSA) is 90.7 Å². The number of nitrogens with zero attached hydrogens (tertiary/aromatic N) is 1. The fourth-order valence-corrected chi connectivity index (χ4v) is 5.79. The van der Waals surface area contributed by atoms with Gasteiger partial charge in [0.25, 0.3) is 11.6 Å². The first-order chi connectivity index (χ1) is 13.0. The molecule has 0 radical (unpaired) electrons. The summed E-state index contributed by atoms with van der Waals surface area (Å²) in [4.78, 5) is 23.9. The first-order valence-corrected chi connectivity index (χ1v) is 9.83. The Labute approximate surface area is 158 Å². The van der Waals surface area contributed by atoms with Gasteiger partial charge in [-0.05, 0) is 56.3 Å². The summed E-state index contributed by atoms with van der Waals surface area (Å²) in [5.41, 5.74) is -0.218. The van der Waals surface area contributed by atoms with Crippen LogP contribution in [0.3, 0.4) is 0 Å². The first-order valence-electron chi connectivity index (χ1n) is 9.83. The normalized spacial score (nSPS) is 30.8. The van der Waals surface area contributed by atoms with E-state index in [4.69, 9.17) is 9.47 Å². The quantitative estimate of drug-likeness (QED) is 0.607. The van der Waals surface area contributed by atoms with E-state index in [2.05, 4.69) is 5.32 Å². The Morgan fingerprint density at radius 2 is 2.00 bits per heavy atom. The Hall–Kier alpha value is -2.31. The van der Waals surface area contributed by atoms with Crippen molar-refractivity contribution in [1.29, 1.82) is 0 Å². The van der Waals surface area contributed by atoms with Crippen molar-refractivity contribution in [2.45, 2.75) is 45.1 Å². The summed E-state index contributed by atoms with van der Waals surface area (Å²) in [6, 6.07) is 2.83. The van der Waals surface area contributed by atoms with E-state index in [-0.39, 0.29) is 23.0 Å². The minimum absolute atomic E-state index is 0.0334. The molecule has 4 rings (SSSR count). The summed E-state index contributed by atoms with van der Waals surface area (Å²) >= 11 is 0. The number of benzene rings is 1. The van der Waals surface area contributed by atoms with Crippen LogP contribution < -0.4 is 14.8 Å². The number of carbonyl (C=O) groups is 1. The van der Waals surface area contributed by atoms with Crippen molar-refractivity contribution in [3.63, 3.8) is 0 Å². The van der Waals surface area contributed by atoms with Crippen LogP contribution in [0.4, 0.5) is 5.69 Å². The van der Waals surface area contributed by atoms with Crippen molar-refractivity contribution in [3.05, 3.63) is 27.8 Å². The predicted molar refractivity (Wildman–Crippen MR) is 99.1 cm³/mol. The van der Waals surface area contributed by atoms with E-state index in [1.807, 2.05) is 0 Å². The van der Waals surface area contributed by atoms with Crippen molar-refractivity contribution >= 4 is 11.6 Å². The van der Waals surface area contributed by atoms with Crippen LogP contribution in [-0.2, 0) is 0 Å². The molecule has 1 aromatic carbocycles. The van der Waals surface area contributed by atoms with Crippen molar-refractivity contribution in [1.82, 2.24) is 5.32 Å². The molecule has 0 heterocycles. The van der Waals surface area contributed by atoms with E-state index in [9.17, 15) is 14.9 Å². The number of amides is 1. The zero-order valence-corrected chi connectivity index (χ0v) is 15.8. The predicted octanol–water partition coefficient (Wildman–Crippen LogP) is 3.56. The van der Waals surface area contributed by atoms with Gasteiger partial charge >= 0.3 is 0 Å². The van der Waals surface area contributed by atoms with Gasteiger partial charge in [-0.3, -0.25) is 14.9 Å². The Morgan fingerprint density at radius 3 is 2.70 bits per heavy atom. The van der Waals surface area contributed by atoms with Crippen LogP contribution in [-0.4, -0.2) is 30.6 Å². The van der Waals surface area contributed by atoms with E-state index in [1.54, 1.807) is 6.92 Å². The number of ether oxygens (including phenoxy) is 2. The minimum atomic E-state index is -0.537. The first kappa shape index (κ1) is 18.1. The molecule has 7 nitrogen and oxygen atoms in total. The second-order valence-corrected chi connectivity index (χ2v) is 7.94. The molecule has 3 aliphatic carbocycles. The number of fused-ring (bicyclic) bond motifs is 5. The third kappa shape index (κ3) is 3.03. The van der Waals surface area contributed by atoms with Crippen molar-refractivity contribution in [2.24, 2.45) is 23.7 Å². The molecule has 5 unspecified atom stereocenters. The summed E-state index contributed by atoms with van der Waals surface area (Å²) in [5, 5.41) is 14.6. The highest BCUT2D eigenvalue weighted by atomic mass is 16.6. The molecule has 3 fully saturated rings. The molecular weight excluding hydrogens is 348 g/mol. The maximum atomic E-state index is 12.9. The van der Waals surface area contributed by atoms with E-state index in [0.29, 0.717) is 24.2 Å². The fraction of sp³-hybridized carbons (Fsp3) is 0.650. The van der Waals surface area contributed by atoms with Crippen LogP contribution in [0.1, 0.15) is 49.4 Å². The van der Waals surface area contributed by atoms with Gasteiger partial charge in [-0.25, -0.2) is 0 Å². The van der Waals surface area contributed by atoms with Gasteiger partial charge in [-0.2, -0.15) is 0 Å². The van der Waals surface area contributed by atoms with E-state index < -0.39 is 10.8 Å². The van der Waals surface area contributed by atoms with Crippen LogP contribution in [0.2, 0.25) is 0 Å². The second kappa shape index (κ2) is 7.02. The summed E-state index contributed by atoms with van der Waals surface area (Å²) < 4.78 is 10.7. The minimum Gasteiger partial charge on any atom is -0.493 e. The molecule has 0 saturated heterocycles. The molecule has 3 saturated carbocycles. The van der Waals surface area contributed by atoms with Gasteiger partial charge in [-0.15, -0.1) is 0 Å². The van der Waals surface area contributed by atoms with Crippen LogP contribution in [0, 0.1) is 33.8 Å². The lowest BCUT2D eigenvalue weighted by molar-refractivity contribution is -0.385. The Morgan fingerprint density at radius 1 is 1.22 bits per heavy atom. The molecule has 146 valence electrons. The highest BCUT2D eigenvalue weighted by Gasteiger charge is 2.54. The fourth-order valence-electron chi connectivity index (χ4n) is 5.79. The number of hydrogen-bond donors (Lipinski definition) is 1. The highest BCUT2D eigenvalue weighted by molar-refractivity contribution is 5.99. The van der Waals surface area contributed by atoms with Crippen LogP contribution in [0.15, 0.2) is 12.1 Å². The number of methoxy groups -OCH3 is 1. The highest BCUT2D eigenvalue weighted by Crippen LogP contribution is 2.58. The lowest BCUT2D eigenvalue weighted by Crippen LogP contribution is -2.42. The molecule has 1 amide bonds. The molecule has 2 bridgehead atoms. The number of nitro benzene ring substituents is 1. The van der Waals surface area contributed by atoms with Gasteiger partial charge in [0, 0.05) is 12.1 Å². The monoisotopic (exact) mass is 374 g/mol. The molecule has 1 N–H and O–H groups in total. The average Bonchev–Trinajstić information content (AvgIpc) is 3.34. The largest absolute Gasteiger partial charge is 0.493 e. The van der Waals surface area contributed by atoms with Crippen LogP contribution >= 0.6 is 0 Å². The van der Waals surface area contributed by atoms with Gasteiger partial charge < -0.3 is 14.8 Å². The maximum absolute atomic E-state index is 12.9. The molecule has 27 heavy (non-hydrogen) atoms. The van der Waals surface area contributed by atoms with E-state index >= 15 is 0 Å². The maximum Gasteiger partial charge on any atom is 0.286 e. The van der Waals surface area contributed by atoms with E-state index in [1.165, 1.54) is 44.9 Å². The summed E-state index contributed by atoms with van der Waals surface area (Å²) in [5.74, 6) is 3.00. The van der Waals surface area contributed by atoms with Gasteiger partial charge in [0.1, 0.15) is 5.56 Å². The number of hydrogen-bond acceptors (Lipinski definition) is 5. The Kier molecular flexibility index (Phi) is 4.70. The molecule has 0 aromatic heterocycles. The van der Waals surface area contributed by atoms with Crippen LogP contribution in [0.5, 0.6) is 11.5 Å². The molecule has 3 aliphatic rings. The second-order valence-electron chi connectivity index (χ2n) is 7.94. The smallest absolute Gasteiger partial charge is 0.286 e. The number of nitrogens with one attached hydrogen (secondary N) is 1. The molecule has 0 aliphatic heterocycles. The molecule has 1 aromatic rings. The zero-order chi connectivity index (χ0) is 19.1. The molecule has 5 atom stereocenters. The lowest BCUT2D eigenvalue weighted by atomic mass is 9.79. The van der Waals surface area contributed by atoms with Gasteiger partial charge in [0.2, 0.25) is 0 Å². The summed E-state index contributed by atoms with van der Waals surface area (Å²) in [6.07, 6.45) is 6.07. The molecule has 0 spiro atoms. The third-order valence-corrected chi connectivity index (χ3v) is 6.77. The molecule has 7 heteroatoms. The lowest BCUT2D eigenvalue weighted by Gasteiger charge is -2.32. The Bertz CT molecular complexity index is 765.